The molecule has 1 aliphatic rings. The van der Waals surface area contributed by atoms with Crippen molar-refractivity contribution in [2.24, 2.45) is 13.0 Å². The molecule has 1 N–H and O–H groups in total. The van der Waals surface area contributed by atoms with Crippen molar-refractivity contribution >= 4 is 34.4 Å². The Bertz CT molecular complexity index is 1200. The van der Waals surface area contributed by atoms with Crippen LogP contribution in [0.25, 0.3) is 11.0 Å². The maximum Gasteiger partial charge on any atom is 0.387 e. The van der Waals surface area contributed by atoms with Crippen LogP contribution in [0.2, 0.25) is 5.02 Å². The molecule has 3 aromatic rings. The zero-order valence-electron chi connectivity index (χ0n) is 18.0. The molecule has 33 heavy (non-hydrogen) atoms. The minimum absolute atomic E-state index is 0.0780. The first kappa shape index (κ1) is 22.9. The second kappa shape index (κ2) is 9.30. The van der Waals surface area contributed by atoms with Gasteiger partial charge >= 0.3 is 6.61 Å². The monoisotopic (exact) mass is 477 g/mol. The van der Waals surface area contributed by atoms with E-state index < -0.39 is 12.5 Å². The number of aryl methyl sites for hydroxylation is 1. The highest BCUT2D eigenvalue weighted by Gasteiger charge is 2.31. The molecule has 4 rings (SSSR count). The molecule has 0 aliphatic carbocycles. The highest BCUT2D eigenvalue weighted by Crippen LogP contribution is 2.26. The van der Waals surface area contributed by atoms with Gasteiger partial charge in [0.15, 0.2) is 11.4 Å². The minimum atomic E-state index is -3.06. The quantitative estimate of drug-likeness (QED) is 0.607. The molecular formula is C22H22ClF2N5O3. The second-order valence-corrected chi connectivity index (χ2v) is 8.41. The maximum atomic E-state index is 13.1. The first-order valence-electron chi connectivity index (χ1n) is 10.3. The number of pyridine rings is 1. The van der Waals surface area contributed by atoms with Gasteiger partial charge in [-0.15, -0.1) is 0 Å². The fourth-order valence-corrected chi connectivity index (χ4v) is 4.29. The number of amides is 2. The number of imidazole rings is 1. The summed E-state index contributed by atoms with van der Waals surface area (Å²) in [7, 11) is 1.83. The fraction of sp³-hybridized carbons (Fsp3) is 0.364. The van der Waals surface area contributed by atoms with Gasteiger partial charge in [0, 0.05) is 37.9 Å². The molecule has 3 heterocycles. The molecule has 0 unspecified atom stereocenters. The molecule has 2 aromatic heterocycles. The van der Waals surface area contributed by atoms with E-state index in [2.05, 4.69) is 20.0 Å². The highest BCUT2D eigenvalue weighted by atomic mass is 35.5. The second-order valence-electron chi connectivity index (χ2n) is 8.01. The van der Waals surface area contributed by atoms with Gasteiger partial charge in [-0.2, -0.15) is 8.78 Å². The molecule has 0 saturated carbocycles. The summed E-state index contributed by atoms with van der Waals surface area (Å²) in [6.07, 6.45) is 3.47. The van der Waals surface area contributed by atoms with E-state index in [0.717, 1.165) is 5.52 Å². The Hall–Kier alpha value is -3.27. The minimum Gasteiger partial charge on any atom is -0.432 e. The number of ether oxygens (including phenoxy) is 1. The van der Waals surface area contributed by atoms with Crippen molar-refractivity contribution in [2.45, 2.75) is 26.0 Å². The van der Waals surface area contributed by atoms with Gasteiger partial charge in [-0.25, -0.2) is 9.97 Å². The van der Waals surface area contributed by atoms with Crippen LogP contribution in [0.1, 0.15) is 34.2 Å². The van der Waals surface area contributed by atoms with Crippen molar-refractivity contribution in [3.63, 3.8) is 0 Å². The SMILES string of the molecule is C[C@H]1CN(C(=O)c2cc(Cl)c3ncn(C)c3c2)CC[C@H]1NC(=O)c1ncccc1OC(F)F. The third kappa shape index (κ3) is 4.75. The topological polar surface area (TPSA) is 89.4 Å². The van der Waals surface area contributed by atoms with Gasteiger partial charge in [0.25, 0.3) is 11.8 Å². The van der Waals surface area contributed by atoms with E-state index in [4.69, 9.17) is 11.6 Å². The third-order valence-corrected chi connectivity index (χ3v) is 6.03. The van der Waals surface area contributed by atoms with Crippen LogP contribution in [0, 0.1) is 5.92 Å². The third-order valence-electron chi connectivity index (χ3n) is 5.74. The number of nitrogens with one attached hydrogen (secondary N) is 1. The predicted molar refractivity (Wildman–Crippen MR) is 118 cm³/mol. The summed E-state index contributed by atoms with van der Waals surface area (Å²) in [6, 6.07) is 5.80. The molecule has 1 aromatic carbocycles. The first-order chi connectivity index (χ1) is 15.7. The Morgan fingerprint density at radius 3 is 2.82 bits per heavy atom. The lowest BCUT2D eigenvalue weighted by Crippen LogP contribution is -2.51. The number of likely N-dealkylation sites (tertiary alicyclic amines) is 1. The maximum absolute atomic E-state index is 13.1. The number of rotatable bonds is 5. The number of hydrogen-bond donors (Lipinski definition) is 1. The summed E-state index contributed by atoms with van der Waals surface area (Å²) < 4.78 is 31.4. The van der Waals surface area contributed by atoms with Gasteiger partial charge in [0.1, 0.15) is 5.52 Å². The lowest BCUT2D eigenvalue weighted by atomic mass is 9.93. The number of carbonyl (C=O) groups is 2. The molecule has 8 nitrogen and oxygen atoms in total. The van der Waals surface area contributed by atoms with Gasteiger partial charge in [0.05, 0.1) is 16.9 Å². The van der Waals surface area contributed by atoms with Crippen LogP contribution in [0.4, 0.5) is 8.78 Å². The molecule has 1 fully saturated rings. The van der Waals surface area contributed by atoms with Crippen molar-refractivity contribution in [1.29, 1.82) is 0 Å². The molecule has 2 amide bonds. The van der Waals surface area contributed by atoms with E-state index in [1.54, 1.807) is 27.9 Å². The van der Waals surface area contributed by atoms with Crippen molar-refractivity contribution in [1.82, 2.24) is 24.8 Å². The summed E-state index contributed by atoms with van der Waals surface area (Å²) in [6.45, 7) is -0.324. The lowest BCUT2D eigenvalue weighted by molar-refractivity contribution is -0.0504. The smallest absolute Gasteiger partial charge is 0.387 e. The zero-order chi connectivity index (χ0) is 23.7. The van der Waals surface area contributed by atoms with Crippen LogP contribution in [0.3, 0.4) is 0 Å². The molecular weight excluding hydrogens is 456 g/mol. The summed E-state index contributed by atoms with van der Waals surface area (Å²) in [5.74, 6) is -1.12. The van der Waals surface area contributed by atoms with E-state index >= 15 is 0 Å². The standard InChI is InChI=1S/C22H22ClF2N5O3/c1-12-10-30(21(32)13-8-14(23)18-16(9-13)29(2)11-27-18)7-5-15(12)28-20(31)19-17(33-22(24)25)4-3-6-26-19/h3-4,6,8-9,11-12,15,22H,5,7,10H2,1-2H3,(H,28,31)/t12-,15+/m0/s1. The van der Waals surface area contributed by atoms with Gasteiger partial charge < -0.3 is 19.5 Å². The summed E-state index contributed by atoms with van der Waals surface area (Å²) in [5, 5.41) is 3.24. The van der Waals surface area contributed by atoms with E-state index in [1.165, 1.54) is 18.3 Å². The van der Waals surface area contributed by atoms with Crippen molar-refractivity contribution in [2.75, 3.05) is 13.1 Å². The van der Waals surface area contributed by atoms with Crippen molar-refractivity contribution in [3.8, 4) is 5.75 Å². The number of nitrogens with zero attached hydrogens (tertiary/aromatic N) is 4. The molecule has 2 atom stereocenters. The average Bonchev–Trinajstić information content (AvgIpc) is 3.16. The van der Waals surface area contributed by atoms with E-state index in [-0.39, 0.29) is 29.3 Å². The van der Waals surface area contributed by atoms with Crippen molar-refractivity contribution < 1.29 is 23.1 Å². The number of aromatic nitrogens is 3. The predicted octanol–water partition coefficient (Wildman–Crippen LogP) is 3.50. The summed E-state index contributed by atoms with van der Waals surface area (Å²) >= 11 is 6.31. The van der Waals surface area contributed by atoms with Crippen LogP contribution < -0.4 is 10.1 Å². The molecule has 0 bridgehead atoms. The van der Waals surface area contributed by atoms with E-state index in [9.17, 15) is 18.4 Å². The number of halogens is 3. The van der Waals surface area contributed by atoms with Crippen LogP contribution in [-0.2, 0) is 7.05 Å². The number of alkyl halides is 2. The van der Waals surface area contributed by atoms with Crippen LogP contribution in [0.15, 0.2) is 36.8 Å². The summed E-state index contributed by atoms with van der Waals surface area (Å²) in [4.78, 5) is 35.6. The normalized spacial score (nSPS) is 18.5. The molecule has 174 valence electrons. The molecule has 1 aliphatic heterocycles. The number of hydrogen-bond acceptors (Lipinski definition) is 5. The van der Waals surface area contributed by atoms with Crippen molar-refractivity contribution in [3.05, 3.63) is 53.1 Å². The van der Waals surface area contributed by atoms with Gasteiger partial charge in [-0.05, 0) is 36.6 Å². The molecule has 11 heteroatoms. The Labute approximate surface area is 193 Å². The Morgan fingerprint density at radius 1 is 1.30 bits per heavy atom. The van der Waals surface area contributed by atoms with Gasteiger partial charge in [-0.1, -0.05) is 18.5 Å². The van der Waals surface area contributed by atoms with Crippen LogP contribution in [0.5, 0.6) is 5.75 Å². The lowest BCUT2D eigenvalue weighted by Gasteiger charge is -2.37. The first-order valence-corrected chi connectivity index (χ1v) is 10.7. The average molecular weight is 478 g/mol. The zero-order valence-corrected chi connectivity index (χ0v) is 18.7. The number of piperidine rings is 1. The number of carbonyl (C=O) groups excluding carboxylic acids is 2. The Morgan fingerprint density at radius 2 is 2.09 bits per heavy atom. The highest BCUT2D eigenvalue weighted by molar-refractivity contribution is 6.35. The fourth-order valence-electron chi connectivity index (χ4n) is 4.03. The van der Waals surface area contributed by atoms with Gasteiger partial charge in [0.2, 0.25) is 0 Å². The van der Waals surface area contributed by atoms with E-state index in [0.29, 0.717) is 35.6 Å². The van der Waals surface area contributed by atoms with Crippen LogP contribution in [-0.4, -0.2) is 57.0 Å². The Kier molecular flexibility index (Phi) is 6.46. The van der Waals surface area contributed by atoms with E-state index in [1.807, 2.05) is 14.0 Å². The largest absolute Gasteiger partial charge is 0.432 e. The van der Waals surface area contributed by atoms with Gasteiger partial charge in [-0.3, -0.25) is 9.59 Å². The number of fused-ring (bicyclic) bond motifs is 1. The molecule has 1 saturated heterocycles. The summed E-state index contributed by atoms with van der Waals surface area (Å²) in [5.41, 5.74) is 1.66. The Balaban J connectivity index is 1.44. The molecule has 0 radical (unpaired) electrons. The number of benzene rings is 1. The van der Waals surface area contributed by atoms with Crippen LogP contribution >= 0.6 is 11.6 Å². The molecule has 0 spiro atoms.